The van der Waals surface area contributed by atoms with Gasteiger partial charge in [0.05, 0.1) is 0 Å². The van der Waals surface area contributed by atoms with Gasteiger partial charge in [-0.05, 0) is 35.9 Å². The fourth-order valence-electron chi connectivity index (χ4n) is 1.34. The summed E-state index contributed by atoms with van der Waals surface area (Å²) in [5, 5.41) is 7.16. The maximum atomic E-state index is 12.7. The van der Waals surface area contributed by atoms with Crippen molar-refractivity contribution < 1.29 is 9.18 Å². The molecule has 4 nitrogen and oxygen atoms in total. The first-order chi connectivity index (χ1) is 7.58. The van der Waals surface area contributed by atoms with E-state index >= 15 is 0 Å². The standard InChI is InChI=1S/C10H7ClFN3O/c1-15-13-8(9(14-15)10(11)16)6-2-4-7(12)5-3-6/h2-5H,1H3. The molecule has 1 aromatic heterocycles. The summed E-state index contributed by atoms with van der Waals surface area (Å²) in [5.41, 5.74) is 1.01. The van der Waals surface area contributed by atoms with E-state index in [9.17, 15) is 9.18 Å². The van der Waals surface area contributed by atoms with Crippen LogP contribution >= 0.6 is 11.6 Å². The number of halogens is 2. The number of aromatic nitrogens is 3. The average molecular weight is 240 g/mol. The predicted molar refractivity (Wildman–Crippen MR) is 56.6 cm³/mol. The highest BCUT2D eigenvalue weighted by Gasteiger charge is 2.17. The first-order valence-corrected chi connectivity index (χ1v) is 4.83. The van der Waals surface area contributed by atoms with Crippen molar-refractivity contribution in [2.45, 2.75) is 0 Å². The summed E-state index contributed by atoms with van der Waals surface area (Å²) >= 11 is 5.37. The van der Waals surface area contributed by atoms with Crippen LogP contribution in [-0.2, 0) is 7.05 Å². The fourth-order valence-corrected chi connectivity index (χ4v) is 1.47. The van der Waals surface area contributed by atoms with Crippen LogP contribution in [0.1, 0.15) is 10.5 Å². The maximum absolute atomic E-state index is 12.7. The first kappa shape index (κ1) is 10.8. The van der Waals surface area contributed by atoms with E-state index in [0.717, 1.165) is 0 Å². The molecule has 16 heavy (non-hydrogen) atoms. The Morgan fingerprint density at radius 2 is 1.94 bits per heavy atom. The summed E-state index contributed by atoms with van der Waals surface area (Å²) in [4.78, 5) is 12.3. The van der Waals surface area contributed by atoms with Crippen molar-refractivity contribution in [1.29, 1.82) is 0 Å². The lowest BCUT2D eigenvalue weighted by atomic mass is 10.1. The summed E-state index contributed by atoms with van der Waals surface area (Å²) in [7, 11) is 1.58. The van der Waals surface area contributed by atoms with Crippen molar-refractivity contribution in [3.05, 3.63) is 35.8 Å². The molecule has 0 saturated carbocycles. The number of carbonyl (C=O) groups excluding carboxylic acids is 1. The molecule has 0 fully saturated rings. The van der Waals surface area contributed by atoms with Gasteiger partial charge in [-0.2, -0.15) is 9.90 Å². The Bertz CT molecular complexity index is 535. The second kappa shape index (κ2) is 4.02. The molecule has 6 heteroatoms. The normalized spacial score (nSPS) is 10.4. The van der Waals surface area contributed by atoms with Gasteiger partial charge in [0, 0.05) is 12.6 Å². The Morgan fingerprint density at radius 3 is 2.50 bits per heavy atom. The van der Waals surface area contributed by atoms with Crippen molar-refractivity contribution in [1.82, 2.24) is 15.0 Å². The highest BCUT2D eigenvalue weighted by atomic mass is 35.5. The number of nitrogens with zero attached hydrogens (tertiary/aromatic N) is 3. The Labute approximate surface area is 95.6 Å². The molecular weight excluding hydrogens is 233 g/mol. The molecule has 2 aromatic rings. The smallest absolute Gasteiger partial charge is 0.274 e. The Morgan fingerprint density at radius 1 is 1.31 bits per heavy atom. The van der Waals surface area contributed by atoms with Crippen LogP contribution < -0.4 is 0 Å². The van der Waals surface area contributed by atoms with Crippen LogP contribution in [0.4, 0.5) is 4.39 Å². The molecule has 2 rings (SSSR count). The first-order valence-electron chi connectivity index (χ1n) is 4.45. The van der Waals surface area contributed by atoms with Crippen LogP contribution in [0.3, 0.4) is 0 Å². The minimum atomic E-state index is -0.688. The van der Waals surface area contributed by atoms with Crippen LogP contribution in [0, 0.1) is 5.82 Å². The predicted octanol–water partition coefficient (Wildman–Crippen LogP) is 2.00. The molecule has 0 spiro atoms. The Kier molecular flexibility index (Phi) is 2.70. The molecule has 0 radical (unpaired) electrons. The number of hydrogen-bond donors (Lipinski definition) is 0. The summed E-state index contributed by atoms with van der Waals surface area (Å²) in [6.07, 6.45) is 0. The second-order valence-electron chi connectivity index (χ2n) is 3.17. The molecule has 82 valence electrons. The van der Waals surface area contributed by atoms with Gasteiger partial charge < -0.3 is 0 Å². The quantitative estimate of drug-likeness (QED) is 0.753. The lowest BCUT2D eigenvalue weighted by Crippen LogP contribution is -1.95. The van der Waals surface area contributed by atoms with Crippen molar-refractivity contribution >= 4 is 16.8 Å². The van der Waals surface area contributed by atoms with Crippen LogP contribution in [-0.4, -0.2) is 20.2 Å². The van der Waals surface area contributed by atoms with E-state index in [-0.39, 0.29) is 11.5 Å². The molecule has 0 saturated heterocycles. The van der Waals surface area contributed by atoms with Crippen LogP contribution in [0.2, 0.25) is 0 Å². The monoisotopic (exact) mass is 239 g/mol. The molecule has 0 amide bonds. The van der Waals surface area contributed by atoms with Gasteiger partial charge in [-0.25, -0.2) is 4.39 Å². The van der Waals surface area contributed by atoms with E-state index in [1.54, 1.807) is 7.05 Å². The van der Waals surface area contributed by atoms with Crippen molar-refractivity contribution in [2.24, 2.45) is 7.05 Å². The second-order valence-corrected chi connectivity index (χ2v) is 3.51. The maximum Gasteiger partial charge on any atom is 0.275 e. The number of benzene rings is 1. The van der Waals surface area contributed by atoms with Gasteiger partial charge >= 0.3 is 0 Å². The SMILES string of the molecule is Cn1nc(C(=O)Cl)c(-c2ccc(F)cc2)n1. The van der Waals surface area contributed by atoms with Gasteiger partial charge in [-0.15, -0.1) is 5.10 Å². The van der Waals surface area contributed by atoms with E-state index in [1.165, 1.54) is 29.1 Å². The summed E-state index contributed by atoms with van der Waals surface area (Å²) in [6.45, 7) is 0. The van der Waals surface area contributed by atoms with Gasteiger partial charge in [-0.1, -0.05) is 0 Å². The lowest BCUT2D eigenvalue weighted by Gasteiger charge is -1.96. The number of aryl methyl sites for hydroxylation is 1. The van der Waals surface area contributed by atoms with E-state index in [0.29, 0.717) is 11.3 Å². The highest BCUT2D eigenvalue weighted by molar-refractivity contribution is 6.67. The molecule has 0 aliphatic rings. The zero-order chi connectivity index (χ0) is 11.7. The zero-order valence-corrected chi connectivity index (χ0v) is 9.07. The topological polar surface area (TPSA) is 47.8 Å². The third-order valence-electron chi connectivity index (χ3n) is 2.02. The number of carbonyl (C=O) groups is 1. The third kappa shape index (κ3) is 1.94. The van der Waals surface area contributed by atoms with Crippen LogP contribution in [0.15, 0.2) is 24.3 Å². The average Bonchev–Trinajstić information content (AvgIpc) is 2.61. The lowest BCUT2D eigenvalue weighted by molar-refractivity contribution is 0.107. The summed E-state index contributed by atoms with van der Waals surface area (Å²) < 4.78 is 12.7. The Hall–Kier alpha value is -1.75. The minimum absolute atomic E-state index is 0.0655. The third-order valence-corrected chi connectivity index (χ3v) is 2.20. The van der Waals surface area contributed by atoms with E-state index in [2.05, 4.69) is 10.2 Å². The van der Waals surface area contributed by atoms with Crippen LogP contribution in [0.5, 0.6) is 0 Å². The largest absolute Gasteiger partial charge is 0.275 e. The molecule has 0 unspecified atom stereocenters. The van der Waals surface area contributed by atoms with Gasteiger partial charge in [-0.3, -0.25) is 4.79 Å². The molecule has 0 aliphatic carbocycles. The van der Waals surface area contributed by atoms with Crippen molar-refractivity contribution in [3.8, 4) is 11.3 Å². The van der Waals surface area contributed by atoms with E-state index in [4.69, 9.17) is 11.6 Å². The van der Waals surface area contributed by atoms with Gasteiger partial charge in [0.2, 0.25) is 0 Å². The fraction of sp³-hybridized carbons (Fsp3) is 0.100. The molecule has 0 aliphatic heterocycles. The minimum Gasteiger partial charge on any atom is -0.274 e. The molecule has 0 atom stereocenters. The van der Waals surface area contributed by atoms with E-state index < -0.39 is 5.24 Å². The number of hydrogen-bond acceptors (Lipinski definition) is 3. The molecular formula is C10H7ClFN3O. The molecule has 0 N–H and O–H groups in total. The Balaban J connectivity index is 2.55. The molecule has 1 aromatic carbocycles. The van der Waals surface area contributed by atoms with Gasteiger partial charge in [0.1, 0.15) is 11.5 Å². The van der Waals surface area contributed by atoms with E-state index in [1.807, 2.05) is 0 Å². The summed E-state index contributed by atoms with van der Waals surface area (Å²) in [5.74, 6) is -0.355. The van der Waals surface area contributed by atoms with Crippen LogP contribution in [0.25, 0.3) is 11.3 Å². The van der Waals surface area contributed by atoms with Gasteiger partial charge in [0.15, 0.2) is 5.69 Å². The summed E-state index contributed by atoms with van der Waals surface area (Å²) in [6, 6.07) is 5.60. The van der Waals surface area contributed by atoms with Crippen molar-refractivity contribution in [2.75, 3.05) is 0 Å². The highest BCUT2D eigenvalue weighted by Crippen LogP contribution is 2.21. The van der Waals surface area contributed by atoms with Crippen molar-refractivity contribution in [3.63, 3.8) is 0 Å². The molecule has 1 heterocycles. The van der Waals surface area contributed by atoms with Gasteiger partial charge in [0.25, 0.3) is 5.24 Å². The number of rotatable bonds is 2. The zero-order valence-electron chi connectivity index (χ0n) is 8.32. The molecule has 0 bridgehead atoms.